The lowest BCUT2D eigenvalue weighted by Gasteiger charge is -2.43. The summed E-state index contributed by atoms with van der Waals surface area (Å²) in [5.41, 5.74) is -1.10. The van der Waals surface area contributed by atoms with Crippen molar-refractivity contribution in [3.8, 4) is 0 Å². The van der Waals surface area contributed by atoms with E-state index in [0.717, 1.165) is 0 Å². The molecule has 4 rings (SSSR count). The molecule has 10 heteroatoms. The fourth-order valence-corrected chi connectivity index (χ4v) is 7.06. The van der Waals surface area contributed by atoms with E-state index in [4.69, 9.17) is 9.47 Å². The third kappa shape index (κ3) is 6.19. The molecule has 0 aromatic heterocycles. The fourth-order valence-electron chi connectivity index (χ4n) is 7.06. The molecular weight excluding hydrogens is 562 g/mol. The number of hydrogen-bond donors (Lipinski definition) is 2. The Bertz CT molecular complexity index is 1240. The maximum absolute atomic E-state index is 14.4. The monoisotopic (exact) mass is 609 g/mol. The van der Waals surface area contributed by atoms with Gasteiger partial charge in [-0.15, -0.1) is 13.2 Å². The number of carbonyl (C=O) groups is 4. The largest absolute Gasteiger partial charge is 0.455 e. The number of rotatable bonds is 14. The summed E-state index contributed by atoms with van der Waals surface area (Å²) >= 11 is 0. The lowest BCUT2D eigenvalue weighted by atomic mass is 9.70. The van der Waals surface area contributed by atoms with Gasteiger partial charge in [0.15, 0.2) is 0 Å². The van der Waals surface area contributed by atoms with Gasteiger partial charge in [0, 0.05) is 18.5 Å². The van der Waals surface area contributed by atoms with Crippen LogP contribution >= 0.6 is 0 Å². The van der Waals surface area contributed by atoms with Gasteiger partial charge < -0.3 is 29.7 Å². The van der Waals surface area contributed by atoms with Gasteiger partial charge >= 0.3 is 5.97 Å². The molecule has 44 heavy (non-hydrogen) atoms. The lowest BCUT2D eigenvalue weighted by molar-refractivity contribution is -0.161. The maximum atomic E-state index is 14.4. The average Bonchev–Trinajstić information content (AvgIpc) is 3.64. The van der Waals surface area contributed by atoms with E-state index in [0.29, 0.717) is 31.2 Å². The zero-order valence-corrected chi connectivity index (χ0v) is 26.4. The Labute approximate surface area is 260 Å². The van der Waals surface area contributed by atoms with E-state index >= 15 is 0 Å². The fraction of sp³-hybridized carbons (Fsp3) is 0.588. The minimum atomic E-state index is -1.23. The van der Waals surface area contributed by atoms with E-state index in [2.05, 4.69) is 18.5 Å². The summed E-state index contributed by atoms with van der Waals surface area (Å²) in [6, 6.07) is 7.50. The van der Waals surface area contributed by atoms with Crippen molar-refractivity contribution < 1.29 is 33.8 Å². The molecule has 3 saturated heterocycles. The van der Waals surface area contributed by atoms with Crippen LogP contribution < -0.4 is 5.32 Å². The van der Waals surface area contributed by atoms with Crippen LogP contribution in [0.2, 0.25) is 0 Å². The van der Waals surface area contributed by atoms with Crippen LogP contribution in [0.15, 0.2) is 55.6 Å². The highest BCUT2D eigenvalue weighted by Crippen LogP contribution is 2.59. The number of allylic oxidation sites excluding steroid dienone is 1. The zero-order chi connectivity index (χ0) is 32.2. The molecule has 0 radical (unpaired) electrons. The van der Waals surface area contributed by atoms with E-state index in [1.54, 1.807) is 17.1 Å². The molecule has 10 nitrogen and oxygen atoms in total. The van der Waals surface area contributed by atoms with Crippen molar-refractivity contribution in [1.29, 1.82) is 0 Å². The molecule has 240 valence electrons. The van der Waals surface area contributed by atoms with Gasteiger partial charge in [-0.3, -0.25) is 19.2 Å². The topological polar surface area (TPSA) is 125 Å². The molecule has 2 bridgehead atoms. The summed E-state index contributed by atoms with van der Waals surface area (Å²) in [4.78, 5) is 58.3. The highest BCUT2D eigenvalue weighted by Gasteiger charge is 2.75. The number of aliphatic hydroxyl groups is 1. The summed E-state index contributed by atoms with van der Waals surface area (Å²) in [6.07, 6.45) is 4.06. The van der Waals surface area contributed by atoms with E-state index in [1.165, 1.54) is 4.90 Å². The number of ether oxygens (including phenoxy) is 2. The highest BCUT2D eigenvalue weighted by atomic mass is 16.6. The molecule has 7 atom stereocenters. The quantitative estimate of drug-likeness (QED) is 0.245. The van der Waals surface area contributed by atoms with Crippen LogP contribution in [-0.2, 0) is 28.7 Å². The Balaban J connectivity index is 1.67. The smallest absolute Gasteiger partial charge is 0.313 e. The molecule has 3 aliphatic heterocycles. The van der Waals surface area contributed by atoms with E-state index < -0.39 is 53.2 Å². The predicted octanol–water partition coefficient (Wildman–Crippen LogP) is 3.31. The van der Waals surface area contributed by atoms with E-state index in [9.17, 15) is 24.3 Å². The van der Waals surface area contributed by atoms with Crippen LogP contribution in [0.25, 0.3) is 0 Å². The van der Waals surface area contributed by atoms with Crippen LogP contribution in [0, 0.1) is 11.8 Å². The summed E-state index contributed by atoms with van der Waals surface area (Å²) in [6.45, 7) is 15.1. The number of nitrogens with zero attached hydrogens (tertiary/aromatic N) is 2. The van der Waals surface area contributed by atoms with Gasteiger partial charge in [0.1, 0.15) is 17.7 Å². The van der Waals surface area contributed by atoms with Gasteiger partial charge in [-0.25, -0.2) is 0 Å². The standard InChI is InChI=1S/C34H47N3O7/c1-7-10-16-26(39)35-20-25(22-14-12-11-13-15-22)43-32(42)27-24-17-18-34(44-24)28(27)30(40)37(23(9-3)21-38)29(34)31(41)36(19-8-2)33(4,5)6/h7-8,11-15,23-25,27-29,38H,1-2,9-10,16-21H2,3-6H3,(H,35,39)/t23-,24+,25-,27-,28-,29+,34-/m0/s1. The predicted molar refractivity (Wildman–Crippen MR) is 165 cm³/mol. The van der Waals surface area contributed by atoms with Crippen molar-refractivity contribution in [2.75, 3.05) is 19.7 Å². The Kier molecular flexibility index (Phi) is 10.4. The number of benzene rings is 1. The van der Waals surface area contributed by atoms with Crippen LogP contribution in [0.5, 0.6) is 0 Å². The summed E-state index contributed by atoms with van der Waals surface area (Å²) in [7, 11) is 0. The van der Waals surface area contributed by atoms with E-state index in [1.807, 2.05) is 58.0 Å². The molecule has 1 aromatic carbocycles. The van der Waals surface area contributed by atoms with Crippen molar-refractivity contribution in [2.45, 2.75) is 95.2 Å². The van der Waals surface area contributed by atoms with Crippen molar-refractivity contribution in [2.24, 2.45) is 11.8 Å². The van der Waals surface area contributed by atoms with Crippen molar-refractivity contribution in [3.63, 3.8) is 0 Å². The molecule has 3 amide bonds. The number of carbonyl (C=O) groups excluding carboxylic acids is 4. The lowest BCUT2D eigenvalue weighted by Crippen LogP contribution is -2.61. The van der Waals surface area contributed by atoms with Gasteiger partial charge in [0.2, 0.25) is 17.7 Å². The van der Waals surface area contributed by atoms with Gasteiger partial charge in [-0.05, 0) is 52.0 Å². The van der Waals surface area contributed by atoms with Crippen LogP contribution in [-0.4, -0.2) is 87.6 Å². The summed E-state index contributed by atoms with van der Waals surface area (Å²) in [5.74, 6) is -3.34. The van der Waals surface area contributed by atoms with Gasteiger partial charge in [-0.2, -0.15) is 0 Å². The zero-order valence-electron chi connectivity index (χ0n) is 26.4. The SMILES string of the molecule is C=CCCC(=O)NC[C@H](OC(=O)[C@@H]1[C@H]2C(=O)N([C@@H](CC)CO)[C@H](C(=O)N(CC=C)C(C)(C)C)[C@]23CC[C@H]1O3)c1ccccc1. The first-order valence-corrected chi connectivity index (χ1v) is 15.6. The van der Waals surface area contributed by atoms with Crippen molar-refractivity contribution in [1.82, 2.24) is 15.1 Å². The number of esters is 1. The molecule has 1 spiro atoms. The molecule has 3 heterocycles. The number of amides is 3. The normalized spacial score (nSPS) is 26.9. The first-order valence-electron chi connectivity index (χ1n) is 15.6. The van der Waals surface area contributed by atoms with Crippen LogP contribution in [0.4, 0.5) is 0 Å². The first-order chi connectivity index (χ1) is 20.9. The van der Waals surface area contributed by atoms with Gasteiger partial charge in [0.25, 0.3) is 0 Å². The maximum Gasteiger partial charge on any atom is 0.313 e. The molecule has 1 aromatic rings. The molecule has 3 fully saturated rings. The number of hydrogen-bond acceptors (Lipinski definition) is 7. The molecular formula is C34H47N3O7. The number of aliphatic hydroxyl groups excluding tert-OH is 1. The third-order valence-corrected chi connectivity index (χ3v) is 9.20. The first kappa shape index (κ1) is 33.4. The Morgan fingerprint density at radius 2 is 1.93 bits per heavy atom. The van der Waals surface area contributed by atoms with Crippen LogP contribution in [0.3, 0.4) is 0 Å². The number of likely N-dealkylation sites (tertiary alicyclic amines) is 1. The summed E-state index contributed by atoms with van der Waals surface area (Å²) in [5, 5.41) is 13.1. The molecule has 2 N–H and O–H groups in total. The second kappa shape index (κ2) is 13.6. The number of fused-ring (bicyclic) bond motifs is 1. The summed E-state index contributed by atoms with van der Waals surface area (Å²) < 4.78 is 12.6. The van der Waals surface area contributed by atoms with Gasteiger partial charge in [-0.1, -0.05) is 49.4 Å². The van der Waals surface area contributed by atoms with E-state index in [-0.39, 0.29) is 43.8 Å². The minimum absolute atomic E-state index is 0.0610. The second-order valence-corrected chi connectivity index (χ2v) is 12.9. The van der Waals surface area contributed by atoms with Crippen molar-refractivity contribution >= 4 is 23.7 Å². The molecule has 0 aliphatic carbocycles. The highest BCUT2D eigenvalue weighted by molar-refractivity contribution is 5.98. The number of nitrogens with one attached hydrogen (secondary N) is 1. The Morgan fingerprint density at radius 1 is 1.23 bits per heavy atom. The average molecular weight is 610 g/mol. The van der Waals surface area contributed by atoms with Crippen molar-refractivity contribution in [3.05, 3.63) is 61.2 Å². The Morgan fingerprint density at radius 3 is 2.52 bits per heavy atom. The van der Waals surface area contributed by atoms with Crippen LogP contribution in [0.1, 0.15) is 71.5 Å². The third-order valence-electron chi connectivity index (χ3n) is 9.20. The Hall–Kier alpha value is -3.50. The second-order valence-electron chi connectivity index (χ2n) is 12.9. The molecule has 0 unspecified atom stereocenters. The van der Waals surface area contributed by atoms with Gasteiger partial charge in [0.05, 0.1) is 37.1 Å². The minimum Gasteiger partial charge on any atom is -0.455 e. The molecule has 0 saturated carbocycles. The molecule has 3 aliphatic rings.